The highest BCUT2D eigenvalue weighted by atomic mass is 32.2. The van der Waals surface area contributed by atoms with E-state index >= 15 is 0 Å². The van der Waals surface area contributed by atoms with E-state index in [2.05, 4.69) is 138 Å². The average molecular weight is 619 g/mol. The third-order valence-corrected chi connectivity index (χ3v) is 11.0. The van der Waals surface area contributed by atoms with Gasteiger partial charge in [-0.2, -0.15) is 0 Å². The molecule has 218 valence electrons. The van der Waals surface area contributed by atoms with Gasteiger partial charge in [0.05, 0.1) is 11.0 Å². The Morgan fingerprint density at radius 1 is 0.574 bits per heavy atom. The smallest absolute Gasteiger partial charge is 0.265 e. The van der Waals surface area contributed by atoms with E-state index in [1.54, 1.807) is 11.8 Å². The number of para-hydroxylation sites is 2. The SMILES string of the molecule is c1ccc(-c2ccc3c4c2Sc2ccnc5c2B4c2c(ccc(-c4cccc(-n6c7ccccc7c7ccccc76)c4)c2O3)O5)cc1. The molecule has 5 heterocycles. The normalized spacial score (nSPS) is 13.3. The zero-order valence-corrected chi connectivity index (χ0v) is 25.8. The van der Waals surface area contributed by atoms with E-state index in [0.29, 0.717) is 5.88 Å². The molecule has 6 heteroatoms. The second-order valence-electron chi connectivity index (χ2n) is 12.3. The molecule has 11 rings (SSSR count). The summed E-state index contributed by atoms with van der Waals surface area (Å²) in [7, 11) is 0. The minimum absolute atomic E-state index is 0.0309. The molecule has 8 aromatic rings. The molecule has 0 spiro atoms. The number of ether oxygens (including phenoxy) is 2. The fourth-order valence-corrected chi connectivity index (χ4v) is 9.11. The van der Waals surface area contributed by atoms with Crippen molar-refractivity contribution in [3.63, 3.8) is 0 Å². The lowest BCUT2D eigenvalue weighted by Gasteiger charge is -2.38. The number of rotatable bonds is 3. The van der Waals surface area contributed by atoms with E-state index in [4.69, 9.17) is 14.5 Å². The standard InChI is InChI=1S/C41H23BN2O2S/c1-2-9-24(10-3-1)28-18-20-34-37-40(28)47-35-21-22-43-41-38(35)42(37)36-33(46-41)19-17-27(39(36)45-34)25-11-8-12-26(23-25)44-31-15-6-4-13-29(31)30-14-5-7-16-32(30)44/h1-23H. The molecule has 0 amide bonds. The summed E-state index contributed by atoms with van der Waals surface area (Å²) < 4.78 is 15.9. The molecule has 2 aromatic heterocycles. The molecule has 3 aliphatic rings. The van der Waals surface area contributed by atoms with Crippen LogP contribution in [0.5, 0.6) is 23.1 Å². The van der Waals surface area contributed by atoms with Crippen LogP contribution in [0.25, 0.3) is 49.7 Å². The minimum Gasteiger partial charge on any atom is -0.458 e. The van der Waals surface area contributed by atoms with Gasteiger partial charge in [-0.15, -0.1) is 0 Å². The van der Waals surface area contributed by atoms with Crippen molar-refractivity contribution in [2.24, 2.45) is 0 Å². The first kappa shape index (κ1) is 25.5. The molecule has 0 bridgehead atoms. The Morgan fingerprint density at radius 3 is 2.09 bits per heavy atom. The second-order valence-corrected chi connectivity index (χ2v) is 13.3. The van der Waals surface area contributed by atoms with Crippen LogP contribution in [0.4, 0.5) is 0 Å². The Labute approximate surface area is 275 Å². The molecule has 4 nitrogen and oxygen atoms in total. The van der Waals surface area contributed by atoms with Gasteiger partial charge in [0, 0.05) is 48.9 Å². The van der Waals surface area contributed by atoms with Gasteiger partial charge in [0.25, 0.3) is 6.71 Å². The van der Waals surface area contributed by atoms with Gasteiger partial charge in [-0.25, -0.2) is 4.98 Å². The number of nitrogens with zero attached hydrogens (tertiary/aromatic N) is 2. The van der Waals surface area contributed by atoms with Crippen molar-refractivity contribution in [3.8, 4) is 51.1 Å². The van der Waals surface area contributed by atoms with Crippen molar-refractivity contribution in [1.29, 1.82) is 0 Å². The third-order valence-electron chi connectivity index (χ3n) is 9.80. The lowest BCUT2D eigenvalue weighted by Crippen LogP contribution is -2.60. The van der Waals surface area contributed by atoms with Gasteiger partial charge < -0.3 is 14.0 Å². The summed E-state index contributed by atoms with van der Waals surface area (Å²) in [5.41, 5.74) is 11.4. The van der Waals surface area contributed by atoms with Crippen LogP contribution in [-0.4, -0.2) is 16.3 Å². The second kappa shape index (κ2) is 9.41. The van der Waals surface area contributed by atoms with Crippen molar-refractivity contribution in [1.82, 2.24) is 9.55 Å². The number of pyridine rings is 1. The van der Waals surface area contributed by atoms with Gasteiger partial charge in [-0.05, 0) is 76.8 Å². The molecule has 0 radical (unpaired) electrons. The van der Waals surface area contributed by atoms with Gasteiger partial charge >= 0.3 is 0 Å². The lowest BCUT2D eigenvalue weighted by molar-refractivity contribution is 0.452. The molecule has 0 unspecified atom stereocenters. The largest absolute Gasteiger partial charge is 0.458 e. The number of benzene rings is 6. The van der Waals surface area contributed by atoms with Crippen LogP contribution in [0, 0.1) is 0 Å². The van der Waals surface area contributed by atoms with E-state index in [-0.39, 0.29) is 6.71 Å². The third kappa shape index (κ3) is 3.48. The molecule has 6 aromatic carbocycles. The Hall–Kier alpha value is -5.72. The maximum atomic E-state index is 6.98. The number of hydrogen-bond donors (Lipinski definition) is 0. The van der Waals surface area contributed by atoms with Crippen molar-refractivity contribution >= 4 is 56.7 Å². The number of hydrogen-bond acceptors (Lipinski definition) is 4. The fourth-order valence-electron chi connectivity index (χ4n) is 7.82. The van der Waals surface area contributed by atoms with Crippen LogP contribution in [0.1, 0.15) is 0 Å². The van der Waals surface area contributed by atoms with E-state index in [1.807, 2.05) is 6.20 Å². The summed E-state index contributed by atoms with van der Waals surface area (Å²) in [6.45, 7) is -0.0309. The predicted molar refractivity (Wildman–Crippen MR) is 191 cm³/mol. The van der Waals surface area contributed by atoms with Crippen molar-refractivity contribution in [3.05, 3.63) is 140 Å². The van der Waals surface area contributed by atoms with Crippen LogP contribution in [0.3, 0.4) is 0 Å². The van der Waals surface area contributed by atoms with Crippen molar-refractivity contribution in [2.45, 2.75) is 9.79 Å². The maximum Gasteiger partial charge on any atom is 0.265 e. The monoisotopic (exact) mass is 618 g/mol. The van der Waals surface area contributed by atoms with Crippen molar-refractivity contribution < 1.29 is 9.47 Å². The van der Waals surface area contributed by atoms with Gasteiger partial charge in [-0.1, -0.05) is 90.6 Å². The summed E-state index contributed by atoms with van der Waals surface area (Å²) in [6.07, 6.45) is 1.86. The highest BCUT2D eigenvalue weighted by molar-refractivity contribution is 8.00. The summed E-state index contributed by atoms with van der Waals surface area (Å²) in [5, 5.41) is 2.50. The van der Waals surface area contributed by atoms with Crippen LogP contribution in [0.15, 0.2) is 149 Å². The van der Waals surface area contributed by atoms with Gasteiger partial charge in [0.2, 0.25) is 5.88 Å². The Kier molecular flexibility index (Phi) is 5.10. The zero-order chi connectivity index (χ0) is 30.6. The number of fused-ring (bicyclic) bond motifs is 3. The summed E-state index contributed by atoms with van der Waals surface area (Å²) >= 11 is 1.79. The van der Waals surface area contributed by atoms with E-state index in [1.165, 1.54) is 48.2 Å². The van der Waals surface area contributed by atoms with E-state index in [0.717, 1.165) is 45.0 Å². The molecule has 0 N–H and O–H groups in total. The average Bonchev–Trinajstić information content (AvgIpc) is 3.47. The van der Waals surface area contributed by atoms with Gasteiger partial charge in [-0.3, -0.25) is 0 Å². The first-order chi connectivity index (χ1) is 23.3. The van der Waals surface area contributed by atoms with Crippen LogP contribution < -0.4 is 25.9 Å². The Morgan fingerprint density at radius 2 is 1.28 bits per heavy atom. The molecular formula is C41H23BN2O2S. The van der Waals surface area contributed by atoms with E-state index < -0.39 is 0 Å². The highest BCUT2D eigenvalue weighted by Gasteiger charge is 2.47. The molecule has 0 saturated heterocycles. The first-order valence-corrected chi connectivity index (χ1v) is 16.6. The van der Waals surface area contributed by atoms with Crippen molar-refractivity contribution in [2.75, 3.05) is 0 Å². The molecule has 0 aliphatic carbocycles. The Balaban J connectivity index is 1.14. The van der Waals surface area contributed by atoms with Gasteiger partial charge in [0.1, 0.15) is 17.2 Å². The number of aromatic nitrogens is 2. The molecule has 0 atom stereocenters. The Bertz CT molecular complexity index is 2580. The maximum absolute atomic E-state index is 6.98. The van der Waals surface area contributed by atoms with E-state index in [9.17, 15) is 0 Å². The molecule has 0 fully saturated rings. The van der Waals surface area contributed by atoms with Crippen LogP contribution in [-0.2, 0) is 0 Å². The van der Waals surface area contributed by atoms with Gasteiger partial charge in [0.15, 0.2) is 0 Å². The summed E-state index contributed by atoms with van der Waals surface area (Å²) in [6, 6.07) is 47.4. The fraction of sp³-hybridized carbons (Fsp3) is 0. The van der Waals surface area contributed by atoms with Crippen LogP contribution >= 0.6 is 11.8 Å². The quantitative estimate of drug-likeness (QED) is 0.186. The lowest BCUT2D eigenvalue weighted by atomic mass is 9.34. The predicted octanol–water partition coefficient (Wildman–Crippen LogP) is 8.70. The first-order valence-electron chi connectivity index (χ1n) is 15.8. The topological polar surface area (TPSA) is 36.3 Å². The zero-order valence-electron chi connectivity index (χ0n) is 25.0. The molecule has 3 aliphatic heterocycles. The minimum atomic E-state index is -0.0309. The molecule has 47 heavy (non-hydrogen) atoms. The summed E-state index contributed by atoms with van der Waals surface area (Å²) in [5.74, 6) is 3.23. The summed E-state index contributed by atoms with van der Waals surface area (Å²) in [4.78, 5) is 7.12. The molecule has 0 saturated carbocycles. The highest BCUT2D eigenvalue weighted by Crippen LogP contribution is 2.48. The van der Waals surface area contributed by atoms with Crippen LogP contribution in [0.2, 0.25) is 0 Å². The molecular weight excluding hydrogens is 595 g/mol.